The fourth-order valence-corrected chi connectivity index (χ4v) is 1.48. The Balaban J connectivity index is 2.33. The van der Waals surface area contributed by atoms with Gasteiger partial charge in [0.2, 0.25) is 0 Å². The van der Waals surface area contributed by atoms with E-state index in [0.29, 0.717) is 6.61 Å². The molecule has 0 fully saturated rings. The molecule has 16 heavy (non-hydrogen) atoms. The highest BCUT2D eigenvalue weighted by Crippen LogP contribution is 2.15. The molecule has 0 saturated heterocycles. The van der Waals surface area contributed by atoms with Crippen molar-refractivity contribution in [3.63, 3.8) is 0 Å². The van der Waals surface area contributed by atoms with E-state index in [4.69, 9.17) is 4.74 Å². The lowest BCUT2D eigenvalue weighted by Crippen LogP contribution is -1.99. The van der Waals surface area contributed by atoms with Crippen LogP contribution in [0.2, 0.25) is 0 Å². The van der Waals surface area contributed by atoms with Crippen LogP contribution >= 0.6 is 0 Å². The summed E-state index contributed by atoms with van der Waals surface area (Å²) in [6.45, 7) is 2.11. The van der Waals surface area contributed by atoms with Crippen LogP contribution in [0.5, 0.6) is 0 Å². The van der Waals surface area contributed by atoms with E-state index in [9.17, 15) is 4.79 Å². The minimum atomic E-state index is -0.491. The number of aromatic amines is 1. The van der Waals surface area contributed by atoms with Crippen LogP contribution in [-0.4, -0.2) is 17.6 Å². The van der Waals surface area contributed by atoms with E-state index >= 15 is 0 Å². The van der Waals surface area contributed by atoms with Gasteiger partial charge in [0.15, 0.2) is 0 Å². The number of H-pyrrole nitrogens is 1. The van der Waals surface area contributed by atoms with Crippen molar-refractivity contribution in [1.29, 1.82) is 0 Å². The predicted molar refractivity (Wildman–Crippen MR) is 61.8 cm³/mol. The summed E-state index contributed by atoms with van der Waals surface area (Å²) in [4.78, 5) is 14.2. The van der Waals surface area contributed by atoms with Crippen molar-refractivity contribution in [2.24, 2.45) is 0 Å². The summed E-state index contributed by atoms with van der Waals surface area (Å²) < 4.78 is 4.74. The minimum Gasteiger partial charge on any atom is -0.456 e. The molecule has 1 heterocycles. The molecular weight excluding hydrogens is 202 g/mol. The lowest BCUT2D eigenvalue weighted by atomic mass is 10.1. The Morgan fingerprint density at radius 1 is 1.44 bits per heavy atom. The van der Waals surface area contributed by atoms with Crippen LogP contribution in [0.15, 0.2) is 30.5 Å². The third-order valence-electron chi connectivity index (χ3n) is 2.17. The van der Waals surface area contributed by atoms with Gasteiger partial charge in [0.05, 0.1) is 6.61 Å². The summed E-state index contributed by atoms with van der Waals surface area (Å²) in [5.74, 6) is 4.78. The zero-order valence-corrected chi connectivity index (χ0v) is 8.91. The van der Waals surface area contributed by atoms with Crippen molar-refractivity contribution in [2.75, 3.05) is 6.61 Å². The predicted octanol–water partition coefficient (Wildman–Crippen LogP) is 2.08. The first-order chi connectivity index (χ1) is 7.81. The largest absolute Gasteiger partial charge is 0.456 e. The molecule has 0 radical (unpaired) electrons. The number of hydrogen-bond donors (Lipinski definition) is 1. The molecule has 3 nitrogen and oxygen atoms in total. The molecule has 0 aliphatic heterocycles. The van der Waals surface area contributed by atoms with Crippen LogP contribution in [0.1, 0.15) is 12.5 Å². The first-order valence-electron chi connectivity index (χ1n) is 5.06. The Morgan fingerprint density at radius 2 is 2.31 bits per heavy atom. The summed E-state index contributed by atoms with van der Waals surface area (Å²) in [5.41, 5.74) is 1.84. The Kier molecular flexibility index (Phi) is 2.93. The highest BCUT2D eigenvalue weighted by Gasteiger charge is 1.99. The molecule has 0 bridgehead atoms. The second kappa shape index (κ2) is 4.54. The number of esters is 1. The molecule has 3 heteroatoms. The number of ether oxygens (including phenoxy) is 1. The number of nitrogens with one attached hydrogen (secondary N) is 1. The Bertz CT molecular complexity index is 572. The third-order valence-corrected chi connectivity index (χ3v) is 2.17. The van der Waals surface area contributed by atoms with Gasteiger partial charge in [0, 0.05) is 28.6 Å². The number of hydrogen-bond acceptors (Lipinski definition) is 2. The zero-order valence-electron chi connectivity index (χ0n) is 8.91. The first kappa shape index (κ1) is 10.3. The fraction of sp³-hybridized carbons (Fsp3) is 0.154. The number of carbonyl (C=O) groups excluding carboxylic acids is 1. The smallest absolute Gasteiger partial charge is 0.384 e. The molecule has 0 amide bonds. The fourth-order valence-electron chi connectivity index (χ4n) is 1.48. The molecule has 1 N–H and O–H groups in total. The van der Waals surface area contributed by atoms with Gasteiger partial charge in [0.25, 0.3) is 0 Å². The average Bonchev–Trinajstić information content (AvgIpc) is 2.75. The maximum Gasteiger partial charge on any atom is 0.384 e. The topological polar surface area (TPSA) is 42.1 Å². The Labute approximate surface area is 93.4 Å². The van der Waals surface area contributed by atoms with E-state index in [1.54, 1.807) is 6.92 Å². The summed E-state index contributed by atoms with van der Waals surface area (Å²) in [6, 6.07) is 7.67. The zero-order chi connectivity index (χ0) is 11.4. The van der Waals surface area contributed by atoms with Crippen LogP contribution < -0.4 is 0 Å². The van der Waals surface area contributed by atoms with E-state index in [1.807, 2.05) is 30.5 Å². The maximum absolute atomic E-state index is 11.1. The van der Waals surface area contributed by atoms with Gasteiger partial charge in [-0.15, -0.1) is 0 Å². The number of carbonyl (C=O) groups is 1. The first-order valence-corrected chi connectivity index (χ1v) is 5.06. The van der Waals surface area contributed by atoms with Crippen LogP contribution in [0.3, 0.4) is 0 Å². The molecule has 1 aromatic carbocycles. The molecule has 0 spiro atoms. The second-order valence-corrected chi connectivity index (χ2v) is 3.21. The van der Waals surface area contributed by atoms with E-state index in [0.717, 1.165) is 16.5 Å². The third kappa shape index (κ3) is 2.06. The minimum absolute atomic E-state index is 0.349. The summed E-state index contributed by atoms with van der Waals surface area (Å²) in [5, 5.41) is 1.01. The van der Waals surface area contributed by atoms with Crippen LogP contribution in [-0.2, 0) is 9.53 Å². The van der Waals surface area contributed by atoms with Gasteiger partial charge >= 0.3 is 5.97 Å². The number of rotatable bonds is 1. The van der Waals surface area contributed by atoms with Gasteiger partial charge in [-0.2, -0.15) is 0 Å². The molecule has 0 unspecified atom stereocenters. The van der Waals surface area contributed by atoms with Crippen molar-refractivity contribution in [3.8, 4) is 11.8 Å². The number of fused-ring (bicyclic) bond motifs is 1. The normalized spacial score (nSPS) is 9.56. The quantitative estimate of drug-likeness (QED) is 0.582. The molecule has 2 aromatic rings. The van der Waals surface area contributed by atoms with Crippen molar-refractivity contribution in [1.82, 2.24) is 4.98 Å². The Hall–Kier alpha value is -2.21. The number of benzene rings is 1. The lowest BCUT2D eigenvalue weighted by molar-refractivity contribution is -0.136. The SMILES string of the molecule is CCOC(=O)C#Cc1cccc2[nH]ccc12. The van der Waals surface area contributed by atoms with E-state index in [-0.39, 0.29) is 0 Å². The van der Waals surface area contributed by atoms with Gasteiger partial charge in [-0.05, 0) is 25.1 Å². The van der Waals surface area contributed by atoms with Gasteiger partial charge in [-0.25, -0.2) is 4.79 Å². The summed E-state index contributed by atoms with van der Waals surface area (Å²) in [6.07, 6.45) is 1.85. The van der Waals surface area contributed by atoms with Crippen LogP contribution in [0, 0.1) is 11.8 Å². The molecule has 0 aliphatic carbocycles. The van der Waals surface area contributed by atoms with E-state index in [1.165, 1.54) is 0 Å². The lowest BCUT2D eigenvalue weighted by Gasteiger charge is -1.94. The van der Waals surface area contributed by atoms with Gasteiger partial charge in [0.1, 0.15) is 0 Å². The maximum atomic E-state index is 11.1. The Morgan fingerprint density at radius 3 is 3.12 bits per heavy atom. The standard InChI is InChI=1S/C13H11NO2/c1-2-16-13(15)7-6-10-4-3-5-12-11(10)8-9-14-12/h3-5,8-9,14H,2H2,1H3. The number of aromatic nitrogens is 1. The molecule has 0 atom stereocenters. The van der Waals surface area contributed by atoms with Gasteiger partial charge in [-0.3, -0.25) is 0 Å². The molecular formula is C13H11NO2. The van der Waals surface area contributed by atoms with Crippen molar-refractivity contribution < 1.29 is 9.53 Å². The van der Waals surface area contributed by atoms with Crippen molar-refractivity contribution in [3.05, 3.63) is 36.0 Å². The van der Waals surface area contributed by atoms with E-state index in [2.05, 4.69) is 16.8 Å². The van der Waals surface area contributed by atoms with Gasteiger partial charge < -0.3 is 9.72 Å². The monoisotopic (exact) mass is 213 g/mol. The van der Waals surface area contributed by atoms with Crippen LogP contribution in [0.25, 0.3) is 10.9 Å². The van der Waals surface area contributed by atoms with Gasteiger partial charge in [-0.1, -0.05) is 12.0 Å². The van der Waals surface area contributed by atoms with Crippen molar-refractivity contribution in [2.45, 2.75) is 6.92 Å². The summed E-state index contributed by atoms with van der Waals surface area (Å²) in [7, 11) is 0. The van der Waals surface area contributed by atoms with Crippen molar-refractivity contribution >= 4 is 16.9 Å². The van der Waals surface area contributed by atoms with Crippen LogP contribution in [0.4, 0.5) is 0 Å². The molecule has 2 rings (SSSR count). The second-order valence-electron chi connectivity index (χ2n) is 3.21. The molecule has 0 saturated carbocycles. The highest BCUT2D eigenvalue weighted by atomic mass is 16.5. The molecule has 1 aromatic heterocycles. The van der Waals surface area contributed by atoms with E-state index < -0.39 is 5.97 Å². The molecule has 0 aliphatic rings. The summed E-state index contributed by atoms with van der Waals surface area (Å²) >= 11 is 0. The average molecular weight is 213 g/mol. The molecule has 80 valence electrons. The highest BCUT2D eigenvalue weighted by molar-refractivity contribution is 5.92.